The monoisotopic (exact) mass is 550 g/mol. The predicted molar refractivity (Wildman–Crippen MR) is 147 cm³/mol. The van der Waals surface area contributed by atoms with E-state index in [1.165, 1.54) is 24.0 Å². The number of fused-ring (bicyclic) bond motifs is 1. The Hall–Kier alpha value is -4.31. The Morgan fingerprint density at radius 3 is 2.62 bits per heavy atom. The van der Waals surface area contributed by atoms with Gasteiger partial charge in [-0.3, -0.25) is 14.4 Å². The van der Waals surface area contributed by atoms with Gasteiger partial charge in [0.15, 0.2) is 11.6 Å². The summed E-state index contributed by atoms with van der Waals surface area (Å²) in [5.41, 5.74) is 2.13. The number of benzene rings is 2. The third-order valence-electron chi connectivity index (χ3n) is 6.18. The molecule has 0 aliphatic rings. The number of hydrogen-bond donors (Lipinski definition) is 2. The van der Waals surface area contributed by atoms with Crippen LogP contribution in [0.4, 0.5) is 15.9 Å². The zero-order valence-corrected chi connectivity index (χ0v) is 22.5. The molecule has 2 amide bonds. The molecule has 2 N–H and O–H groups in total. The van der Waals surface area contributed by atoms with Crippen molar-refractivity contribution in [3.8, 4) is 0 Å². The maximum Gasteiger partial charge on any atom is 0.243 e. The van der Waals surface area contributed by atoms with Crippen molar-refractivity contribution < 1.29 is 18.8 Å². The number of Topliss-reactive ketones (excluding diaryl/α,β-unsaturated/α-hetero) is 1. The van der Waals surface area contributed by atoms with Crippen LogP contribution in [-0.2, 0) is 22.7 Å². The summed E-state index contributed by atoms with van der Waals surface area (Å²) in [6, 6.07) is 13.3. The number of aromatic nitrogens is 3. The Morgan fingerprint density at radius 1 is 1.13 bits per heavy atom. The van der Waals surface area contributed by atoms with Crippen LogP contribution in [0.15, 0.2) is 60.9 Å². The minimum absolute atomic E-state index is 0.0266. The molecule has 0 atom stereocenters. The van der Waals surface area contributed by atoms with Crippen LogP contribution in [0, 0.1) is 5.82 Å². The van der Waals surface area contributed by atoms with Crippen LogP contribution in [0.2, 0.25) is 5.02 Å². The Bertz CT molecular complexity index is 1520. The van der Waals surface area contributed by atoms with E-state index in [0.717, 1.165) is 0 Å². The maximum absolute atomic E-state index is 14.1. The molecule has 0 radical (unpaired) electrons. The van der Waals surface area contributed by atoms with Crippen LogP contribution in [0.3, 0.4) is 0 Å². The molecular formula is C28H28ClFN6O3. The molecule has 39 heavy (non-hydrogen) atoms. The number of rotatable bonds is 10. The number of ketones is 1. The molecule has 11 heteroatoms. The average molecular weight is 551 g/mol. The zero-order valence-electron chi connectivity index (χ0n) is 21.7. The summed E-state index contributed by atoms with van der Waals surface area (Å²) < 4.78 is 15.9. The minimum atomic E-state index is -0.591. The molecule has 202 valence electrons. The molecule has 4 aromatic rings. The quantitative estimate of drug-likeness (QED) is 0.276. The van der Waals surface area contributed by atoms with Gasteiger partial charge in [-0.2, -0.15) is 5.10 Å². The zero-order chi connectivity index (χ0) is 28.1. The molecule has 0 saturated heterocycles. The van der Waals surface area contributed by atoms with Crippen LogP contribution in [-0.4, -0.2) is 49.8 Å². The lowest BCUT2D eigenvalue weighted by Gasteiger charge is -2.26. The van der Waals surface area contributed by atoms with E-state index < -0.39 is 11.7 Å². The van der Waals surface area contributed by atoms with Crippen LogP contribution in [0.1, 0.15) is 36.7 Å². The molecule has 2 aromatic heterocycles. The predicted octanol–water partition coefficient (Wildman–Crippen LogP) is 4.72. The first-order valence-electron chi connectivity index (χ1n) is 12.3. The highest BCUT2D eigenvalue weighted by Gasteiger charge is 2.22. The molecule has 0 aliphatic carbocycles. The lowest BCUT2D eigenvalue weighted by Crippen LogP contribution is -2.45. The van der Waals surface area contributed by atoms with E-state index in [0.29, 0.717) is 28.0 Å². The lowest BCUT2D eigenvalue weighted by molar-refractivity contribution is -0.138. The molecule has 0 fully saturated rings. The van der Waals surface area contributed by atoms with Crippen molar-refractivity contribution in [1.82, 2.24) is 25.0 Å². The number of hydrogen-bond acceptors (Lipinski definition) is 6. The second-order valence-electron chi connectivity index (χ2n) is 9.30. The van der Waals surface area contributed by atoms with Gasteiger partial charge in [-0.25, -0.2) is 4.39 Å². The molecule has 9 nitrogen and oxygen atoms in total. The van der Waals surface area contributed by atoms with Crippen LogP contribution >= 0.6 is 11.6 Å². The highest BCUT2D eigenvalue weighted by atomic mass is 35.5. The van der Waals surface area contributed by atoms with E-state index in [1.807, 2.05) is 18.2 Å². The number of nitrogens with zero attached hydrogens (tertiary/aromatic N) is 4. The second kappa shape index (κ2) is 12.0. The summed E-state index contributed by atoms with van der Waals surface area (Å²) in [7, 11) is 0. The van der Waals surface area contributed by atoms with Crippen molar-refractivity contribution in [2.45, 2.75) is 39.9 Å². The summed E-state index contributed by atoms with van der Waals surface area (Å²) in [5.74, 6) is -0.913. The normalized spacial score (nSPS) is 11.0. The summed E-state index contributed by atoms with van der Waals surface area (Å²) in [4.78, 5) is 39.8. The van der Waals surface area contributed by atoms with Gasteiger partial charge in [0.05, 0.1) is 11.6 Å². The topological polar surface area (TPSA) is 109 Å². The third-order valence-corrected chi connectivity index (χ3v) is 6.47. The fourth-order valence-corrected chi connectivity index (χ4v) is 4.38. The van der Waals surface area contributed by atoms with Gasteiger partial charge in [0.25, 0.3) is 0 Å². The largest absolute Gasteiger partial charge is 0.350 e. The van der Waals surface area contributed by atoms with E-state index in [1.54, 1.807) is 49.0 Å². The van der Waals surface area contributed by atoms with Crippen LogP contribution in [0.5, 0.6) is 0 Å². The Balaban J connectivity index is 1.50. The number of carbonyl (C=O) groups excluding carboxylic acids is 3. The molecule has 0 bridgehead atoms. The molecule has 0 saturated carbocycles. The number of halogens is 2. The van der Waals surface area contributed by atoms with Crippen molar-refractivity contribution in [2.24, 2.45) is 0 Å². The van der Waals surface area contributed by atoms with Gasteiger partial charge in [-0.15, -0.1) is 5.10 Å². The summed E-state index contributed by atoms with van der Waals surface area (Å²) in [6.45, 7) is 4.75. The van der Waals surface area contributed by atoms with Gasteiger partial charge in [-0.05, 0) is 57.2 Å². The summed E-state index contributed by atoms with van der Waals surface area (Å²) in [6.07, 6.45) is 3.22. The molecule has 0 spiro atoms. The average Bonchev–Trinajstić information content (AvgIpc) is 3.26. The number of nitrogens with one attached hydrogen (secondary N) is 2. The number of anilines is 2. The van der Waals surface area contributed by atoms with Gasteiger partial charge < -0.3 is 20.1 Å². The van der Waals surface area contributed by atoms with Gasteiger partial charge >= 0.3 is 0 Å². The molecule has 2 heterocycles. The van der Waals surface area contributed by atoms with Gasteiger partial charge in [0.1, 0.15) is 12.4 Å². The lowest BCUT2D eigenvalue weighted by atomic mass is 10.1. The van der Waals surface area contributed by atoms with Crippen molar-refractivity contribution in [2.75, 3.05) is 11.9 Å². The summed E-state index contributed by atoms with van der Waals surface area (Å²) >= 11 is 5.81. The first kappa shape index (κ1) is 27.7. The van der Waals surface area contributed by atoms with Crippen molar-refractivity contribution in [1.29, 1.82) is 0 Å². The number of amides is 2. The highest BCUT2D eigenvalue weighted by Crippen LogP contribution is 2.27. The number of carbonyl (C=O) groups is 3. The fraction of sp³-hybridized carbons (Fsp3) is 0.250. The van der Waals surface area contributed by atoms with E-state index in [2.05, 4.69) is 20.8 Å². The minimum Gasteiger partial charge on any atom is -0.350 e. The highest BCUT2D eigenvalue weighted by molar-refractivity contribution is 6.30. The Kier molecular flexibility index (Phi) is 8.55. The van der Waals surface area contributed by atoms with Crippen molar-refractivity contribution in [3.63, 3.8) is 0 Å². The van der Waals surface area contributed by atoms with Gasteiger partial charge in [0.2, 0.25) is 11.8 Å². The first-order chi connectivity index (χ1) is 18.6. The van der Waals surface area contributed by atoms with Crippen molar-refractivity contribution >= 4 is 51.6 Å². The fourth-order valence-electron chi connectivity index (χ4n) is 4.19. The van der Waals surface area contributed by atoms with Crippen LogP contribution < -0.4 is 10.6 Å². The van der Waals surface area contributed by atoms with E-state index in [9.17, 15) is 18.8 Å². The van der Waals surface area contributed by atoms with Gasteiger partial charge in [0, 0.05) is 52.7 Å². The Labute approximate surface area is 230 Å². The smallest absolute Gasteiger partial charge is 0.243 e. The third kappa shape index (κ3) is 6.58. The molecule has 0 aliphatic heterocycles. The molecule has 0 unspecified atom stereocenters. The molecular weight excluding hydrogens is 523 g/mol. The summed E-state index contributed by atoms with van der Waals surface area (Å²) in [5, 5.41) is 14.3. The van der Waals surface area contributed by atoms with Crippen molar-refractivity contribution in [3.05, 3.63) is 82.9 Å². The Morgan fingerprint density at radius 2 is 1.92 bits per heavy atom. The second-order valence-corrected chi connectivity index (χ2v) is 9.70. The standard InChI is InChI=1S/C28H28ClFN6O3/c1-17(2)36(15-26(38)31-13-19-6-4-7-23(29)28(19)30)27(39)16-35-14-22(18(3)37)21-12-20(9-10-24(21)35)33-25-8-5-11-32-34-25/h4-12,14,17H,13,15-16H2,1-3H3,(H,31,38)(H,33,34). The SMILES string of the molecule is CC(=O)c1cn(CC(=O)N(CC(=O)NCc2cccc(Cl)c2F)C(C)C)c2ccc(Nc3cccnn3)cc12. The molecule has 2 aromatic carbocycles. The first-order valence-corrected chi connectivity index (χ1v) is 12.7. The van der Waals surface area contributed by atoms with Crippen LogP contribution in [0.25, 0.3) is 10.9 Å². The van der Waals surface area contributed by atoms with E-state index in [4.69, 9.17) is 11.6 Å². The maximum atomic E-state index is 14.1. The molecule has 4 rings (SSSR count). The van der Waals surface area contributed by atoms with E-state index >= 15 is 0 Å². The van der Waals surface area contributed by atoms with Gasteiger partial charge in [-0.1, -0.05) is 23.7 Å². The van der Waals surface area contributed by atoms with E-state index in [-0.39, 0.29) is 48.0 Å².